The molecule has 290 valence electrons. The van der Waals surface area contributed by atoms with Gasteiger partial charge in [-0.3, -0.25) is 36.5 Å². The fourth-order valence-electron chi connectivity index (χ4n) is 3.90. The molecule has 0 aromatic rings. The molecule has 52 heavy (non-hydrogen) atoms. The summed E-state index contributed by atoms with van der Waals surface area (Å²) in [5.74, 6) is 0. The molecule has 0 saturated heterocycles. The minimum atomic E-state index is 0. The van der Waals surface area contributed by atoms with E-state index in [2.05, 4.69) is 205 Å². The number of halogens is 2. The first-order valence-corrected chi connectivity index (χ1v) is 22.2. The zero-order chi connectivity index (χ0) is 36.8. The molecule has 0 aromatic heterocycles. The van der Waals surface area contributed by atoms with Gasteiger partial charge in [-0.25, -0.2) is 69.9 Å². The maximum atomic E-state index is 3.30. The second-order valence-electron chi connectivity index (χ2n) is 13.9. The number of allylic oxidation sites excluding steroid dienone is 24. The van der Waals surface area contributed by atoms with Crippen molar-refractivity contribution in [3.8, 4) is 0 Å². The fourth-order valence-corrected chi connectivity index (χ4v) is 3.90. The first-order chi connectivity index (χ1) is 22.6. The van der Waals surface area contributed by atoms with Crippen LogP contribution in [0.3, 0.4) is 0 Å². The van der Waals surface area contributed by atoms with Gasteiger partial charge in [0, 0.05) is 70.7 Å². The van der Waals surface area contributed by atoms with Crippen molar-refractivity contribution in [2.45, 2.75) is 134 Å². The summed E-state index contributed by atoms with van der Waals surface area (Å²) in [7, 11) is 1.50. The third kappa shape index (κ3) is 40.8. The molecular weight excluding hydrogens is 1040 g/mol. The normalized spacial score (nSPS) is 15.6. The van der Waals surface area contributed by atoms with Crippen LogP contribution in [0.1, 0.15) is 108 Å². The second kappa shape index (κ2) is 40.3. The van der Waals surface area contributed by atoms with E-state index in [1.165, 1.54) is 33.4 Å². The topological polar surface area (TPSA) is 0 Å². The predicted molar refractivity (Wildman–Crippen MR) is 237 cm³/mol. The summed E-state index contributed by atoms with van der Waals surface area (Å²) < 4.78 is 0. The molecule has 6 aliphatic carbocycles. The van der Waals surface area contributed by atoms with E-state index < -0.39 is 0 Å². The first kappa shape index (κ1) is 63.6. The molecule has 2 radical (unpaired) electrons. The van der Waals surface area contributed by atoms with Gasteiger partial charge in [-0.05, 0) is 10.8 Å². The van der Waals surface area contributed by atoms with E-state index in [0.29, 0.717) is 10.8 Å². The van der Waals surface area contributed by atoms with Crippen LogP contribution in [0.25, 0.3) is 0 Å². The van der Waals surface area contributed by atoms with Crippen LogP contribution in [0.15, 0.2) is 106 Å². The van der Waals surface area contributed by atoms with Gasteiger partial charge in [0.25, 0.3) is 0 Å². The van der Waals surface area contributed by atoms with Gasteiger partial charge in [0.15, 0.2) is 0 Å². The Kier molecular flexibility index (Phi) is 49.3. The Morgan fingerprint density at radius 1 is 0.385 bits per heavy atom. The molecule has 0 bridgehead atoms. The SMILES string of the molecule is CC(C)(C)C1=[C-]CC=C1.CC(C)(C)C1=[C-]CC=C1.CC1=[C-]CC=C1.CC1=[C-]CC=C1.CC1=[C-]CC=C1.CC1=[C-]CC=C1.C[SiH]C.C[SiH]C.Cl.Cl.[Hf].[Hf]. The molecule has 0 nitrogen and oxygen atoms in total. The van der Waals surface area contributed by atoms with Crippen LogP contribution in [-0.4, -0.2) is 19.0 Å². The van der Waals surface area contributed by atoms with Crippen LogP contribution in [0.5, 0.6) is 0 Å². The molecule has 0 saturated carbocycles. The van der Waals surface area contributed by atoms with E-state index in [9.17, 15) is 0 Å². The Bertz CT molecular complexity index is 1090. The van der Waals surface area contributed by atoms with Crippen molar-refractivity contribution in [3.63, 3.8) is 0 Å². The Balaban J connectivity index is -0.000000118. The van der Waals surface area contributed by atoms with Crippen LogP contribution >= 0.6 is 24.8 Å². The van der Waals surface area contributed by atoms with Gasteiger partial charge in [0.1, 0.15) is 0 Å². The zero-order valence-electron chi connectivity index (χ0n) is 35.1. The van der Waals surface area contributed by atoms with Gasteiger partial charge in [-0.1, -0.05) is 95.4 Å². The molecule has 6 heteroatoms. The first-order valence-electron chi connectivity index (χ1n) is 17.6. The quantitative estimate of drug-likeness (QED) is 0.168. The van der Waals surface area contributed by atoms with Gasteiger partial charge in [-0.15, -0.1) is 63.3 Å². The van der Waals surface area contributed by atoms with Gasteiger partial charge in [0.2, 0.25) is 0 Å². The van der Waals surface area contributed by atoms with E-state index in [0.717, 1.165) is 57.6 Å². The summed E-state index contributed by atoms with van der Waals surface area (Å²) in [4.78, 5) is 0. The summed E-state index contributed by atoms with van der Waals surface area (Å²) >= 11 is 0. The molecule has 6 rings (SSSR count). The number of hydrogen-bond donors (Lipinski definition) is 0. The molecule has 0 unspecified atom stereocenters. The van der Waals surface area contributed by atoms with E-state index in [-0.39, 0.29) is 76.5 Å². The minimum absolute atomic E-state index is 0. The van der Waals surface area contributed by atoms with Crippen LogP contribution in [0.2, 0.25) is 26.2 Å². The van der Waals surface area contributed by atoms with Gasteiger partial charge in [-0.2, -0.15) is 36.5 Å². The summed E-state index contributed by atoms with van der Waals surface area (Å²) in [6.45, 7) is 30.3. The monoisotopic (exact) mass is 1110 g/mol. The Morgan fingerprint density at radius 3 is 0.615 bits per heavy atom. The van der Waals surface area contributed by atoms with Gasteiger partial charge in [0.05, 0.1) is 0 Å². The molecule has 0 atom stereocenters. The maximum Gasteiger partial charge on any atom is 0.0213 e. The average Bonchev–Trinajstić information content (AvgIpc) is 3.84. The fraction of sp³-hybridized carbons (Fsp3) is 0.478. The summed E-state index contributed by atoms with van der Waals surface area (Å²) in [6, 6.07) is 0. The standard InChI is InChI=1S/2C9H13.4C6H7.2C2H7Si.2ClH.2Hf/c2*1-9(2,3)8-6-4-5-7-8;4*1-6-4-2-3-5-6;2*1-3-2;;;;/h2*4,6H,5H2,1-3H3;4*2,4H,3H2,1H3;2*3H,1-2H3;2*1H;;/q6*-1;;;;;;. The van der Waals surface area contributed by atoms with Gasteiger partial charge >= 0.3 is 0 Å². The van der Waals surface area contributed by atoms with Crippen molar-refractivity contribution in [2.24, 2.45) is 10.8 Å². The van der Waals surface area contributed by atoms with Crippen molar-refractivity contribution in [3.05, 3.63) is 143 Å². The van der Waals surface area contributed by atoms with Crippen molar-refractivity contribution < 1.29 is 51.7 Å². The van der Waals surface area contributed by atoms with E-state index in [4.69, 9.17) is 0 Å². The van der Waals surface area contributed by atoms with Crippen molar-refractivity contribution >= 4 is 43.9 Å². The molecule has 0 heterocycles. The maximum absolute atomic E-state index is 3.30. The van der Waals surface area contributed by atoms with Crippen molar-refractivity contribution in [1.29, 1.82) is 0 Å². The summed E-state index contributed by atoms with van der Waals surface area (Å²) in [6.07, 6.45) is 50.6. The molecule has 0 spiro atoms. The third-order valence-corrected chi connectivity index (χ3v) is 6.47. The zero-order valence-corrected chi connectivity index (χ0v) is 46.3. The van der Waals surface area contributed by atoms with Gasteiger partial charge < -0.3 is 0 Å². The predicted octanol–water partition coefficient (Wildman–Crippen LogP) is 14.1. The molecule has 0 fully saturated rings. The summed E-state index contributed by atoms with van der Waals surface area (Å²) in [5.41, 5.74) is 8.39. The molecule has 0 aromatic carbocycles. The third-order valence-electron chi connectivity index (χ3n) is 6.47. The van der Waals surface area contributed by atoms with E-state index in [1.54, 1.807) is 0 Å². The van der Waals surface area contributed by atoms with Crippen LogP contribution < -0.4 is 0 Å². The van der Waals surface area contributed by atoms with Crippen molar-refractivity contribution in [2.75, 3.05) is 0 Å². The average molecular weight is 1110 g/mol. The Morgan fingerprint density at radius 2 is 0.558 bits per heavy atom. The molecule has 0 N–H and O–H groups in total. The van der Waals surface area contributed by atoms with Crippen LogP contribution in [-0.2, 0) is 51.7 Å². The largest absolute Gasteiger partial charge is 0.270 e. The smallest absolute Gasteiger partial charge is 0.0213 e. The minimum Gasteiger partial charge on any atom is -0.270 e. The Hall–Kier alpha value is -0.366. The summed E-state index contributed by atoms with van der Waals surface area (Å²) in [5, 5.41) is 0. The Labute approximate surface area is 379 Å². The second-order valence-corrected chi connectivity index (χ2v) is 16.2. The number of rotatable bonds is 0. The number of hydrogen-bond acceptors (Lipinski definition) is 0. The van der Waals surface area contributed by atoms with Crippen LogP contribution in [0.4, 0.5) is 0 Å². The van der Waals surface area contributed by atoms with Crippen molar-refractivity contribution in [1.82, 2.24) is 0 Å². The molecular formula is C46H70Cl2Hf2Si2-6. The van der Waals surface area contributed by atoms with Crippen LogP contribution in [0, 0.1) is 47.3 Å². The molecule has 6 aliphatic rings. The van der Waals surface area contributed by atoms with E-state index >= 15 is 0 Å². The van der Waals surface area contributed by atoms with E-state index in [1.807, 2.05) is 0 Å². The molecule has 0 aliphatic heterocycles. The molecule has 0 amide bonds.